The maximum Gasteiger partial charge on any atom is 0.263 e. The minimum atomic E-state index is 0.0207. The third-order valence-corrected chi connectivity index (χ3v) is 8.96. The van der Waals surface area contributed by atoms with E-state index >= 15 is 0 Å². The van der Waals surface area contributed by atoms with E-state index in [-0.39, 0.29) is 11.7 Å². The van der Waals surface area contributed by atoms with Gasteiger partial charge in [0.2, 0.25) is 0 Å². The van der Waals surface area contributed by atoms with E-state index in [2.05, 4.69) is 13.8 Å². The summed E-state index contributed by atoms with van der Waals surface area (Å²) < 4.78 is 7.88. The highest BCUT2D eigenvalue weighted by Gasteiger charge is 2.28. The summed E-state index contributed by atoms with van der Waals surface area (Å²) in [5, 5.41) is 2.51. The van der Waals surface area contributed by atoms with E-state index < -0.39 is 0 Å². The summed E-state index contributed by atoms with van der Waals surface area (Å²) in [4.78, 5) is 20.8. The first-order chi connectivity index (χ1) is 16.4. The fraction of sp³-hybridized carbons (Fsp3) is 0.308. The van der Waals surface area contributed by atoms with Crippen LogP contribution in [-0.4, -0.2) is 15.7 Å². The SMILES string of the molecule is CC(C)[C@H]1Cc2c(sc3nc(SCc4ccc(Cl)c(Cl)c4)n(Cc4ccccc4)c(=O)c23)CO1. The zero-order valence-corrected chi connectivity index (χ0v) is 22.0. The summed E-state index contributed by atoms with van der Waals surface area (Å²) in [7, 11) is 0. The molecule has 8 heteroatoms. The molecule has 0 unspecified atom stereocenters. The first-order valence-corrected chi connectivity index (χ1v) is 13.7. The number of nitrogens with zero attached hydrogens (tertiary/aromatic N) is 2. The molecule has 0 radical (unpaired) electrons. The Balaban J connectivity index is 1.58. The van der Waals surface area contributed by atoms with Crippen molar-refractivity contribution in [1.29, 1.82) is 0 Å². The fourth-order valence-electron chi connectivity index (χ4n) is 4.16. The molecule has 0 bridgehead atoms. The Bertz CT molecular complexity index is 1400. The molecule has 3 heterocycles. The quantitative estimate of drug-likeness (QED) is 0.195. The number of fused-ring (bicyclic) bond motifs is 3. The second kappa shape index (κ2) is 10.0. The van der Waals surface area contributed by atoms with Crippen LogP contribution in [0.2, 0.25) is 10.0 Å². The maximum atomic E-state index is 13.9. The van der Waals surface area contributed by atoms with E-state index in [1.54, 1.807) is 17.4 Å². The summed E-state index contributed by atoms with van der Waals surface area (Å²) in [6.45, 7) is 5.34. The Morgan fingerprint density at radius 3 is 2.68 bits per heavy atom. The van der Waals surface area contributed by atoms with Crippen molar-refractivity contribution in [1.82, 2.24) is 9.55 Å². The standard InChI is InChI=1S/C26H24Cl2N2O2S2/c1-15(2)21-11-18-22(13-32-21)34-24-23(18)25(31)30(12-16-6-4-3-5-7-16)26(29-24)33-14-17-8-9-19(27)20(28)10-17/h3-10,15,21H,11-14H2,1-2H3/t21-/m1/s1. The summed E-state index contributed by atoms with van der Waals surface area (Å²) in [6, 6.07) is 15.7. The normalized spacial score (nSPS) is 15.7. The largest absolute Gasteiger partial charge is 0.372 e. The molecule has 0 amide bonds. The van der Waals surface area contributed by atoms with Crippen LogP contribution in [-0.2, 0) is 30.1 Å². The van der Waals surface area contributed by atoms with Crippen molar-refractivity contribution in [3.8, 4) is 0 Å². The molecule has 0 spiro atoms. The van der Waals surface area contributed by atoms with Crippen LogP contribution in [0.1, 0.15) is 35.4 Å². The van der Waals surface area contributed by atoms with Crippen LogP contribution < -0.4 is 5.56 Å². The Kier molecular flexibility index (Phi) is 7.05. The van der Waals surface area contributed by atoms with Crippen molar-refractivity contribution in [2.24, 2.45) is 5.92 Å². The number of thioether (sulfide) groups is 1. The van der Waals surface area contributed by atoms with E-state index in [4.69, 9.17) is 32.9 Å². The third-order valence-electron chi connectivity index (χ3n) is 6.07. The number of aromatic nitrogens is 2. The Labute approximate surface area is 216 Å². The lowest BCUT2D eigenvalue weighted by atomic mass is 9.96. The lowest BCUT2D eigenvalue weighted by Crippen LogP contribution is -2.28. The molecule has 0 saturated carbocycles. The van der Waals surface area contributed by atoms with Crippen molar-refractivity contribution in [2.45, 2.75) is 50.4 Å². The van der Waals surface area contributed by atoms with E-state index in [0.29, 0.717) is 40.0 Å². The molecular weight excluding hydrogens is 507 g/mol. The van der Waals surface area contributed by atoms with Crippen LogP contribution >= 0.6 is 46.3 Å². The summed E-state index contributed by atoms with van der Waals surface area (Å²) in [5.74, 6) is 1.02. The highest BCUT2D eigenvalue weighted by atomic mass is 35.5. The second-order valence-electron chi connectivity index (χ2n) is 8.79. The molecule has 4 nitrogen and oxygen atoms in total. The molecule has 4 aromatic rings. The zero-order chi connectivity index (χ0) is 23.8. The Morgan fingerprint density at radius 2 is 1.94 bits per heavy atom. The topological polar surface area (TPSA) is 44.1 Å². The molecule has 176 valence electrons. The first-order valence-electron chi connectivity index (χ1n) is 11.2. The molecule has 34 heavy (non-hydrogen) atoms. The number of ether oxygens (including phenoxy) is 1. The molecule has 0 N–H and O–H groups in total. The summed E-state index contributed by atoms with van der Waals surface area (Å²) >= 11 is 15.4. The number of rotatable bonds is 6. The van der Waals surface area contributed by atoms with Gasteiger partial charge in [-0.1, -0.05) is 85.2 Å². The number of hydrogen-bond acceptors (Lipinski definition) is 5. The molecule has 1 aliphatic heterocycles. The molecule has 1 atom stereocenters. The van der Waals surface area contributed by atoms with Gasteiger partial charge in [0.25, 0.3) is 5.56 Å². The lowest BCUT2D eigenvalue weighted by Gasteiger charge is -2.26. The van der Waals surface area contributed by atoms with Crippen LogP contribution in [0, 0.1) is 5.92 Å². The first kappa shape index (κ1) is 23.9. The third kappa shape index (κ3) is 4.79. The average Bonchev–Trinajstić information content (AvgIpc) is 3.20. The van der Waals surface area contributed by atoms with E-state index in [0.717, 1.165) is 38.2 Å². The van der Waals surface area contributed by atoms with Gasteiger partial charge in [0.05, 0.1) is 34.7 Å². The molecule has 2 aromatic carbocycles. The number of thiophene rings is 1. The molecule has 0 saturated heterocycles. The molecular formula is C26H24Cl2N2O2S2. The van der Waals surface area contributed by atoms with Gasteiger partial charge >= 0.3 is 0 Å². The van der Waals surface area contributed by atoms with E-state index in [9.17, 15) is 4.79 Å². The molecule has 1 aliphatic rings. The van der Waals surface area contributed by atoms with Crippen molar-refractivity contribution < 1.29 is 4.74 Å². The van der Waals surface area contributed by atoms with Gasteiger partial charge in [0.1, 0.15) is 4.83 Å². The van der Waals surface area contributed by atoms with Gasteiger partial charge in [0, 0.05) is 17.1 Å². The van der Waals surface area contributed by atoms with Crippen LogP contribution in [0.15, 0.2) is 58.5 Å². The monoisotopic (exact) mass is 530 g/mol. The highest BCUT2D eigenvalue weighted by molar-refractivity contribution is 7.98. The molecule has 5 rings (SSSR count). The Morgan fingerprint density at radius 1 is 1.15 bits per heavy atom. The molecule has 0 fully saturated rings. The van der Waals surface area contributed by atoms with Crippen LogP contribution in [0.5, 0.6) is 0 Å². The van der Waals surface area contributed by atoms with Crippen molar-refractivity contribution in [3.63, 3.8) is 0 Å². The zero-order valence-electron chi connectivity index (χ0n) is 18.9. The number of halogens is 2. The van der Waals surface area contributed by atoms with Gasteiger partial charge in [-0.2, -0.15) is 0 Å². The average molecular weight is 532 g/mol. The minimum Gasteiger partial charge on any atom is -0.372 e. The van der Waals surface area contributed by atoms with E-state index in [1.165, 1.54) is 11.8 Å². The minimum absolute atomic E-state index is 0.0207. The van der Waals surface area contributed by atoms with Crippen molar-refractivity contribution in [2.75, 3.05) is 0 Å². The summed E-state index contributed by atoms with van der Waals surface area (Å²) in [5.41, 5.74) is 3.23. The van der Waals surface area contributed by atoms with Crippen LogP contribution in [0.4, 0.5) is 0 Å². The second-order valence-corrected chi connectivity index (χ2v) is 11.6. The van der Waals surface area contributed by atoms with Gasteiger partial charge in [-0.25, -0.2) is 4.98 Å². The van der Waals surface area contributed by atoms with Gasteiger partial charge in [-0.15, -0.1) is 11.3 Å². The fourth-order valence-corrected chi connectivity index (χ4v) is 6.59. The Hall–Kier alpha value is -1.83. The van der Waals surface area contributed by atoms with Gasteiger partial charge in [-0.3, -0.25) is 9.36 Å². The smallest absolute Gasteiger partial charge is 0.263 e. The highest BCUT2D eigenvalue weighted by Crippen LogP contribution is 2.36. The lowest BCUT2D eigenvalue weighted by molar-refractivity contribution is 0.00200. The number of hydrogen-bond donors (Lipinski definition) is 0. The maximum absolute atomic E-state index is 13.9. The van der Waals surface area contributed by atoms with E-state index in [1.807, 2.05) is 47.0 Å². The van der Waals surface area contributed by atoms with Crippen molar-refractivity contribution in [3.05, 3.63) is 90.5 Å². The molecule has 0 aliphatic carbocycles. The number of benzene rings is 2. The van der Waals surface area contributed by atoms with Gasteiger partial charge in [0.15, 0.2) is 5.16 Å². The predicted molar refractivity (Wildman–Crippen MR) is 143 cm³/mol. The molecule has 2 aromatic heterocycles. The van der Waals surface area contributed by atoms with Crippen molar-refractivity contribution >= 4 is 56.5 Å². The van der Waals surface area contributed by atoms with Crippen LogP contribution in [0.3, 0.4) is 0 Å². The van der Waals surface area contributed by atoms with Gasteiger partial charge in [-0.05, 0) is 34.7 Å². The van der Waals surface area contributed by atoms with Crippen LogP contribution in [0.25, 0.3) is 10.2 Å². The summed E-state index contributed by atoms with van der Waals surface area (Å²) in [6.07, 6.45) is 0.876. The van der Waals surface area contributed by atoms with Gasteiger partial charge < -0.3 is 4.74 Å². The predicted octanol–water partition coefficient (Wildman–Crippen LogP) is 7.20.